The molecule has 272 valence electrons. The molecule has 13 heteroatoms. The Morgan fingerprint density at radius 2 is 1.02 bits per heavy atom. The summed E-state index contributed by atoms with van der Waals surface area (Å²) >= 11 is 0. The quantitative estimate of drug-likeness (QED) is 0.0568. The van der Waals surface area contributed by atoms with Crippen LogP contribution >= 0.6 is 0 Å². The van der Waals surface area contributed by atoms with Gasteiger partial charge in [-0.15, -0.1) is 0 Å². The minimum Gasteiger partial charge on any atom is -0.870 e. The van der Waals surface area contributed by atoms with Gasteiger partial charge in [0.1, 0.15) is 27.4 Å². The molecular formula is C38H46CaO10S2. The fraction of sp³-hybridized carbons (Fsp3) is 0.368. The summed E-state index contributed by atoms with van der Waals surface area (Å²) in [5, 5.41) is 21.7. The molecule has 0 bridgehead atoms. The summed E-state index contributed by atoms with van der Waals surface area (Å²) in [5.41, 5.74) is 2.44. The molecule has 51 heavy (non-hydrogen) atoms. The van der Waals surface area contributed by atoms with Crippen molar-refractivity contribution in [3.8, 4) is 34.5 Å². The number of ether oxygens (including phenoxy) is 2. The van der Waals surface area contributed by atoms with Crippen molar-refractivity contribution in [2.24, 2.45) is 0 Å². The standard InChI is InChI=1S/2C19H24O5S.Ca/c2*1-2-3-4-5-6-7-15-8-10-16(11-9-15)24-19-13-12-17(14-18(19)20)25(21,22)23;/h2*8-14,20H,2-7H2,1H3,(H,21,22,23);/q;;+2/p-2. The van der Waals surface area contributed by atoms with Gasteiger partial charge in [0.15, 0.2) is 11.5 Å². The summed E-state index contributed by atoms with van der Waals surface area (Å²) in [6, 6.07) is 21.6. The van der Waals surface area contributed by atoms with Crippen LogP contribution in [-0.4, -0.2) is 68.8 Å². The predicted molar refractivity (Wildman–Crippen MR) is 195 cm³/mol. The van der Waals surface area contributed by atoms with E-state index in [0.29, 0.717) is 11.5 Å². The smallest absolute Gasteiger partial charge is 0.870 e. The van der Waals surface area contributed by atoms with Crippen LogP contribution in [0.4, 0.5) is 0 Å². The van der Waals surface area contributed by atoms with Gasteiger partial charge in [-0.05, 0) is 91.4 Å². The largest absolute Gasteiger partial charge is 2.00 e. The fourth-order valence-electron chi connectivity index (χ4n) is 5.04. The van der Waals surface area contributed by atoms with E-state index in [-0.39, 0.29) is 59.9 Å². The monoisotopic (exact) mass is 766 g/mol. The molecule has 0 fully saturated rings. The Labute approximate surface area is 332 Å². The van der Waals surface area contributed by atoms with Gasteiger partial charge < -0.3 is 24.2 Å². The number of rotatable bonds is 18. The molecule has 4 aromatic carbocycles. The van der Waals surface area contributed by atoms with Gasteiger partial charge in [-0.3, -0.25) is 4.55 Å². The SMILES string of the molecule is CCCCCCCc1ccc(Oc2ccc(S(=O)(=O)O)cc2O)cc1.CCCCCCCc1ccc(Oc2ccc(S(=O)(=O)[O-])cc2[O-])cc1.[Ca+2]. The Morgan fingerprint density at radius 3 is 1.43 bits per heavy atom. The average molecular weight is 767 g/mol. The molecule has 0 amide bonds. The molecule has 0 heterocycles. The fourth-order valence-corrected chi connectivity index (χ4v) is 6.03. The second-order valence-corrected chi connectivity index (χ2v) is 14.8. The molecule has 4 rings (SSSR count). The molecule has 0 spiro atoms. The zero-order valence-electron chi connectivity index (χ0n) is 29.3. The van der Waals surface area contributed by atoms with Crippen molar-refractivity contribution < 1.29 is 45.6 Å². The van der Waals surface area contributed by atoms with E-state index in [9.17, 15) is 31.6 Å². The van der Waals surface area contributed by atoms with Gasteiger partial charge in [-0.1, -0.05) is 95.2 Å². The third-order valence-electron chi connectivity index (χ3n) is 7.87. The third-order valence-corrected chi connectivity index (χ3v) is 9.55. The first-order chi connectivity index (χ1) is 23.8. The van der Waals surface area contributed by atoms with E-state index >= 15 is 0 Å². The number of phenols is 1. The molecule has 0 aliphatic rings. The van der Waals surface area contributed by atoms with E-state index in [1.165, 1.54) is 80.7 Å². The summed E-state index contributed by atoms with van der Waals surface area (Å²) < 4.78 is 74.8. The third kappa shape index (κ3) is 16.2. The van der Waals surface area contributed by atoms with Gasteiger partial charge in [-0.2, -0.15) is 8.42 Å². The number of aromatic hydroxyl groups is 1. The number of hydrogen-bond donors (Lipinski definition) is 2. The van der Waals surface area contributed by atoms with Crippen molar-refractivity contribution in [2.45, 2.75) is 101 Å². The first-order valence-electron chi connectivity index (χ1n) is 16.9. The van der Waals surface area contributed by atoms with Crippen LogP contribution < -0.4 is 14.6 Å². The van der Waals surface area contributed by atoms with Gasteiger partial charge >= 0.3 is 37.7 Å². The van der Waals surface area contributed by atoms with Crippen LogP contribution in [0, 0.1) is 0 Å². The maximum absolute atomic E-state index is 11.9. The van der Waals surface area contributed by atoms with Crippen molar-refractivity contribution in [1.29, 1.82) is 0 Å². The van der Waals surface area contributed by atoms with Gasteiger partial charge in [0, 0.05) is 6.07 Å². The molecule has 0 aromatic heterocycles. The van der Waals surface area contributed by atoms with Crippen molar-refractivity contribution in [3.05, 3.63) is 96.1 Å². The topological polar surface area (TPSA) is 173 Å². The summed E-state index contributed by atoms with van der Waals surface area (Å²) in [5.74, 6) is 0.153. The predicted octanol–water partition coefficient (Wildman–Crippen LogP) is 8.53. The zero-order chi connectivity index (χ0) is 36.6. The Bertz CT molecular complexity index is 1710. The van der Waals surface area contributed by atoms with Crippen LogP contribution in [0.15, 0.2) is 94.7 Å². The molecule has 0 aliphatic heterocycles. The molecule has 2 N–H and O–H groups in total. The number of unbranched alkanes of at least 4 members (excludes halogenated alkanes) is 8. The Hall–Kier alpha value is -2.84. The van der Waals surface area contributed by atoms with Crippen LogP contribution in [-0.2, 0) is 33.1 Å². The molecule has 0 atom stereocenters. The van der Waals surface area contributed by atoms with Crippen LogP contribution in [0.5, 0.6) is 34.5 Å². The molecular weight excluding hydrogens is 721 g/mol. The average Bonchev–Trinajstić information content (AvgIpc) is 3.07. The van der Waals surface area contributed by atoms with E-state index in [1.807, 2.05) is 36.4 Å². The number of hydrogen-bond acceptors (Lipinski definition) is 9. The van der Waals surface area contributed by atoms with Gasteiger partial charge in [0.05, 0.1) is 9.79 Å². The molecule has 10 nitrogen and oxygen atoms in total. The number of aryl methyl sites for hydroxylation is 2. The molecule has 0 aliphatic carbocycles. The Balaban J connectivity index is 0.000000347. The van der Waals surface area contributed by atoms with Crippen molar-refractivity contribution in [2.75, 3.05) is 0 Å². The van der Waals surface area contributed by atoms with E-state index in [4.69, 9.17) is 14.0 Å². The van der Waals surface area contributed by atoms with Crippen molar-refractivity contribution in [1.82, 2.24) is 0 Å². The van der Waals surface area contributed by atoms with Gasteiger partial charge in [0.25, 0.3) is 10.1 Å². The molecule has 0 saturated heterocycles. The molecule has 0 unspecified atom stereocenters. The van der Waals surface area contributed by atoms with Crippen LogP contribution in [0.25, 0.3) is 0 Å². The minimum atomic E-state index is -4.64. The maximum atomic E-state index is 11.9. The molecule has 0 saturated carbocycles. The van der Waals surface area contributed by atoms with Crippen LogP contribution in [0.2, 0.25) is 0 Å². The van der Waals surface area contributed by atoms with Gasteiger partial charge in [-0.25, -0.2) is 8.42 Å². The van der Waals surface area contributed by atoms with E-state index in [0.717, 1.165) is 43.9 Å². The number of phenolic OH excluding ortho intramolecular Hbond substituents is 1. The zero-order valence-corrected chi connectivity index (χ0v) is 33.1. The first-order valence-corrected chi connectivity index (χ1v) is 19.8. The second-order valence-electron chi connectivity index (χ2n) is 12.0. The summed E-state index contributed by atoms with van der Waals surface area (Å²) in [6.45, 7) is 4.39. The normalized spacial score (nSPS) is 11.2. The minimum absolute atomic E-state index is 0. The summed E-state index contributed by atoms with van der Waals surface area (Å²) in [4.78, 5) is -0.931. The van der Waals surface area contributed by atoms with Crippen molar-refractivity contribution >= 4 is 58.0 Å². The maximum Gasteiger partial charge on any atom is 2.00 e. The van der Waals surface area contributed by atoms with Crippen molar-refractivity contribution in [3.63, 3.8) is 0 Å². The van der Waals surface area contributed by atoms with E-state index in [1.54, 1.807) is 12.1 Å². The molecule has 4 aromatic rings. The molecule has 0 radical (unpaired) electrons. The van der Waals surface area contributed by atoms with E-state index in [2.05, 4.69) is 13.8 Å². The summed E-state index contributed by atoms with van der Waals surface area (Å²) in [7, 11) is -8.99. The van der Waals surface area contributed by atoms with Crippen LogP contribution in [0.3, 0.4) is 0 Å². The Kier molecular flexibility index (Phi) is 19.4. The summed E-state index contributed by atoms with van der Waals surface area (Å²) in [6.07, 6.45) is 14.4. The van der Waals surface area contributed by atoms with Gasteiger partial charge in [0.2, 0.25) is 0 Å². The number of benzene rings is 4. The first kappa shape index (κ1) is 44.3. The Morgan fingerprint density at radius 1 is 0.588 bits per heavy atom. The van der Waals surface area contributed by atoms with E-state index < -0.39 is 30.9 Å². The second kappa shape index (κ2) is 22.3. The van der Waals surface area contributed by atoms with Crippen LogP contribution in [0.1, 0.15) is 89.2 Å².